The van der Waals surface area contributed by atoms with E-state index in [1.54, 1.807) is 6.20 Å². The number of ether oxygens (including phenoxy) is 1. The zero-order valence-electron chi connectivity index (χ0n) is 13.0. The standard InChI is InChI=1S/C21H16N2O/c1-2-8-18(9-3-1)23-14-12-20(16-23)24-19-10-6-7-17(15-19)21-11-4-5-13-22-21/h1-16H. The Balaban J connectivity index is 1.57. The molecule has 0 atom stereocenters. The molecule has 2 aromatic heterocycles. The Hall–Kier alpha value is -3.33. The maximum Gasteiger partial charge on any atom is 0.145 e. The van der Waals surface area contributed by atoms with Crippen molar-refractivity contribution in [1.29, 1.82) is 0 Å². The summed E-state index contributed by atoms with van der Waals surface area (Å²) in [5.41, 5.74) is 3.08. The molecule has 3 nitrogen and oxygen atoms in total. The second kappa shape index (κ2) is 6.42. The van der Waals surface area contributed by atoms with E-state index in [9.17, 15) is 0 Å². The van der Waals surface area contributed by atoms with Crippen LogP contribution in [0.15, 0.2) is 97.5 Å². The van der Waals surface area contributed by atoms with Crippen LogP contribution in [-0.2, 0) is 0 Å². The van der Waals surface area contributed by atoms with Crippen molar-refractivity contribution < 1.29 is 4.74 Å². The van der Waals surface area contributed by atoms with Gasteiger partial charge in [0.15, 0.2) is 0 Å². The van der Waals surface area contributed by atoms with Crippen LogP contribution in [0, 0.1) is 0 Å². The third kappa shape index (κ3) is 3.06. The molecule has 3 heteroatoms. The highest BCUT2D eigenvalue weighted by Crippen LogP contribution is 2.27. The van der Waals surface area contributed by atoms with E-state index < -0.39 is 0 Å². The van der Waals surface area contributed by atoms with Crippen LogP contribution >= 0.6 is 0 Å². The molecule has 116 valence electrons. The normalized spacial score (nSPS) is 10.5. The summed E-state index contributed by atoms with van der Waals surface area (Å²) in [6.45, 7) is 0. The number of nitrogens with zero attached hydrogens (tertiary/aromatic N) is 2. The van der Waals surface area contributed by atoms with Crippen LogP contribution in [0.3, 0.4) is 0 Å². The highest BCUT2D eigenvalue weighted by molar-refractivity contribution is 5.61. The Bertz CT molecular complexity index is 930. The fraction of sp³-hybridized carbons (Fsp3) is 0. The van der Waals surface area contributed by atoms with Crippen molar-refractivity contribution in [3.63, 3.8) is 0 Å². The van der Waals surface area contributed by atoms with E-state index in [1.165, 1.54) is 0 Å². The van der Waals surface area contributed by atoms with Crippen molar-refractivity contribution in [2.75, 3.05) is 0 Å². The van der Waals surface area contributed by atoms with Crippen LogP contribution in [0.4, 0.5) is 0 Å². The molecular formula is C21H16N2O. The van der Waals surface area contributed by atoms with Gasteiger partial charge in [0, 0.05) is 23.6 Å². The Kier molecular flexibility index (Phi) is 3.82. The SMILES string of the molecule is c1ccc(-n2ccc(Oc3cccc(-c4ccccn4)c3)c2)cc1. The molecular weight excluding hydrogens is 296 g/mol. The molecule has 0 spiro atoms. The van der Waals surface area contributed by atoms with Gasteiger partial charge < -0.3 is 9.30 Å². The first-order valence-corrected chi connectivity index (χ1v) is 7.81. The Labute approximate surface area is 140 Å². The summed E-state index contributed by atoms with van der Waals surface area (Å²) in [7, 11) is 0. The van der Waals surface area contributed by atoms with Gasteiger partial charge in [0.25, 0.3) is 0 Å². The average molecular weight is 312 g/mol. The van der Waals surface area contributed by atoms with Crippen molar-refractivity contribution in [3.05, 3.63) is 97.5 Å². The Morgan fingerprint density at radius 3 is 2.46 bits per heavy atom. The summed E-state index contributed by atoms with van der Waals surface area (Å²) in [6.07, 6.45) is 5.76. The van der Waals surface area contributed by atoms with Crippen molar-refractivity contribution in [3.8, 4) is 28.4 Å². The lowest BCUT2D eigenvalue weighted by Crippen LogP contribution is -1.88. The molecule has 0 aliphatic heterocycles. The van der Waals surface area contributed by atoms with Crippen LogP contribution in [0.5, 0.6) is 11.5 Å². The van der Waals surface area contributed by atoms with Crippen LogP contribution in [0.2, 0.25) is 0 Å². The number of benzene rings is 2. The third-order valence-corrected chi connectivity index (χ3v) is 3.75. The number of para-hydroxylation sites is 1. The van der Waals surface area contributed by atoms with Crippen LogP contribution in [0.1, 0.15) is 0 Å². The van der Waals surface area contributed by atoms with Crippen molar-refractivity contribution in [2.24, 2.45) is 0 Å². The lowest BCUT2D eigenvalue weighted by atomic mass is 10.1. The molecule has 0 radical (unpaired) electrons. The van der Waals surface area contributed by atoms with Crippen LogP contribution in [0.25, 0.3) is 16.9 Å². The first-order valence-electron chi connectivity index (χ1n) is 7.81. The van der Waals surface area contributed by atoms with Gasteiger partial charge in [0.05, 0.1) is 11.9 Å². The summed E-state index contributed by atoms with van der Waals surface area (Å²) >= 11 is 0. The lowest BCUT2D eigenvalue weighted by molar-refractivity contribution is 0.483. The molecule has 0 bridgehead atoms. The summed E-state index contributed by atoms with van der Waals surface area (Å²) < 4.78 is 8.03. The molecule has 0 aliphatic rings. The Morgan fingerprint density at radius 2 is 1.62 bits per heavy atom. The summed E-state index contributed by atoms with van der Waals surface area (Å²) in [4.78, 5) is 4.38. The van der Waals surface area contributed by atoms with Gasteiger partial charge in [-0.3, -0.25) is 4.98 Å². The molecule has 4 rings (SSSR count). The number of aromatic nitrogens is 2. The molecule has 0 saturated heterocycles. The van der Waals surface area contributed by atoms with Crippen LogP contribution in [-0.4, -0.2) is 9.55 Å². The quantitative estimate of drug-likeness (QED) is 0.509. The summed E-state index contributed by atoms with van der Waals surface area (Å²) in [6, 6.07) is 26.0. The maximum absolute atomic E-state index is 5.99. The van der Waals surface area contributed by atoms with Gasteiger partial charge in [-0.15, -0.1) is 0 Å². The largest absolute Gasteiger partial charge is 0.456 e. The summed E-state index contributed by atoms with van der Waals surface area (Å²) in [5, 5.41) is 0. The van der Waals surface area contributed by atoms with Crippen LogP contribution < -0.4 is 4.74 Å². The number of pyridine rings is 1. The number of hydrogen-bond donors (Lipinski definition) is 0. The van der Waals surface area contributed by atoms with E-state index in [-0.39, 0.29) is 0 Å². The second-order valence-corrected chi connectivity index (χ2v) is 5.43. The number of hydrogen-bond acceptors (Lipinski definition) is 2. The third-order valence-electron chi connectivity index (χ3n) is 3.75. The molecule has 4 aromatic rings. The van der Waals surface area contributed by atoms with E-state index >= 15 is 0 Å². The van der Waals surface area contributed by atoms with Crippen molar-refractivity contribution in [2.45, 2.75) is 0 Å². The van der Waals surface area contributed by atoms with E-state index in [2.05, 4.69) is 17.1 Å². The minimum atomic E-state index is 0.795. The van der Waals surface area contributed by atoms with Crippen molar-refractivity contribution in [1.82, 2.24) is 9.55 Å². The zero-order chi connectivity index (χ0) is 16.2. The Morgan fingerprint density at radius 1 is 0.750 bits per heavy atom. The minimum Gasteiger partial charge on any atom is -0.456 e. The fourth-order valence-electron chi connectivity index (χ4n) is 2.59. The smallest absolute Gasteiger partial charge is 0.145 e. The molecule has 0 aliphatic carbocycles. The van der Waals surface area contributed by atoms with Gasteiger partial charge in [-0.05, 0) is 42.5 Å². The van der Waals surface area contributed by atoms with E-state index in [0.29, 0.717) is 0 Å². The molecule has 0 saturated carbocycles. The van der Waals surface area contributed by atoms with E-state index in [4.69, 9.17) is 4.74 Å². The van der Waals surface area contributed by atoms with Gasteiger partial charge in [-0.1, -0.05) is 36.4 Å². The van der Waals surface area contributed by atoms with Gasteiger partial charge >= 0.3 is 0 Å². The topological polar surface area (TPSA) is 27.1 Å². The van der Waals surface area contributed by atoms with Gasteiger partial charge in [-0.2, -0.15) is 0 Å². The molecule has 0 N–H and O–H groups in total. The predicted octanol–water partition coefficient (Wildman–Crippen LogP) is 5.33. The van der Waals surface area contributed by atoms with Gasteiger partial charge in [-0.25, -0.2) is 0 Å². The lowest BCUT2D eigenvalue weighted by Gasteiger charge is -2.06. The van der Waals surface area contributed by atoms with Gasteiger partial charge in [0.1, 0.15) is 11.5 Å². The highest BCUT2D eigenvalue weighted by atomic mass is 16.5. The minimum absolute atomic E-state index is 0.795. The average Bonchev–Trinajstić information content (AvgIpc) is 3.12. The molecule has 2 aromatic carbocycles. The van der Waals surface area contributed by atoms with E-state index in [0.717, 1.165) is 28.4 Å². The first-order chi connectivity index (χ1) is 11.9. The fourth-order valence-corrected chi connectivity index (χ4v) is 2.59. The predicted molar refractivity (Wildman–Crippen MR) is 95.5 cm³/mol. The first kappa shape index (κ1) is 14.3. The number of rotatable bonds is 4. The maximum atomic E-state index is 5.99. The second-order valence-electron chi connectivity index (χ2n) is 5.43. The molecule has 2 heterocycles. The monoisotopic (exact) mass is 312 g/mol. The molecule has 0 amide bonds. The summed E-state index contributed by atoms with van der Waals surface area (Å²) in [5.74, 6) is 1.60. The van der Waals surface area contributed by atoms with E-state index in [1.807, 2.05) is 83.7 Å². The molecule has 0 unspecified atom stereocenters. The highest BCUT2D eigenvalue weighted by Gasteiger charge is 2.04. The molecule has 24 heavy (non-hydrogen) atoms. The van der Waals surface area contributed by atoms with Crippen molar-refractivity contribution >= 4 is 0 Å². The zero-order valence-corrected chi connectivity index (χ0v) is 13.0. The molecule has 0 fully saturated rings. The van der Waals surface area contributed by atoms with Gasteiger partial charge in [0.2, 0.25) is 0 Å².